The van der Waals surface area contributed by atoms with Crippen LogP contribution in [0.2, 0.25) is 5.02 Å². The first-order valence-corrected chi connectivity index (χ1v) is 8.68. The van der Waals surface area contributed by atoms with Gasteiger partial charge in [0, 0.05) is 11.6 Å². The molecule has 1 aliphatic rings. The van der Waals surface area contributed by atoms with E-state index in [9.17, 15) is 0 Å². The van der Waals surface area contributed by atoms with E-state index in [1.165, 1.54) is 42.6 Å². The molecule has 23 heavy (non-hydrogen) atoms. The zero-order chi connectivity index (χ0) is 15.4. The van der Waals surface area contributed by atoms with Gasteiger partial charge in [-0.2, -0.15) is 0 Å². The van der Waals surface area contributed by atoms with Gasteiger partial charge in [-0.05, 0) is 67.1 Å². The van der Waals surface area contributed by atoms with E-state index in [0.717, 1.165) is 23.9 Å². The van der Waals surface area contributed by atoms with E-state index in [-0.39, 0.29) is 12.4 Å². The van der Waals surface area contributed by atoms with Crippen LogP contribution in [-0.4, -0.2) is 18.0 Å². The van der Waals surface area contributed by atoms with E-state index in [0.29, 0.717) is 0 Å². The highest BCUT2D eigenvalue weighted by atomic mass is 35.5. The maximum atomic E-state index is 6.07. The van der Waals surface area contributed by atoms with Gasteiger partial charge in [-0.25, -0.2) is 0 Å². The molecular formula is C20H25Cl2N. The van der Waals surface area contributed by atoms with Crippen LogP contribution in [0.5, 0.6) is 0 Å². The highest BCUT2D eigenvalue weighted by Gasteiger charge is 2.20. The third-order valence-corrected chi connectivity index (χ3v) is 4.98. The smallest absolute Gasteiger partial charge is 0.0409 e. The Bertz CT molecular complexity index is 601. The minimum absolute atomic E-state index is 0. The van der Waals surface area contributed by atoms with Crippen molar-refractivity contribution in [2.75, 3.05) is 13.1 Å². The summed E-state index contributed by atoms with van der Waals surface area (Å²) in [6.07, 6.45) is 3.64. The number of rotatable bonds is 4. The lowest BCUT2D eigenvalue weighted by Crippen LogP contribution is -2.32. The third kappa shape index (κ3) is 4.97. The van der Waals surface area contributed by atoms with Crippen molar-refractivity contribution in [2.24, 2.45) is 0 Å². The molecule has 0 atom stereocenters. The lowest BCUT2D eigenvalue weighted by molar-refractivity contribution is 0.204. The SMILES string of the molecule is CCc1ccc(C2CCN(Cc3cccc(Cl)c3)CC2)cc1.Cl. The summed E-state index contributed by atoms with van der Waals surface area (Å²) in [6.45, 7) is 5.57. The normalized spacial score (nSPS) is 16.1. The molecule has 0 aliphatic carbocycles. The maximum absolute atomic E-state index is 6.07. The second-order valence-corrected chi connectivity index (χ2v) is 6.71. The molecule has 1 heterocycles. The Hall–Kier alpha value is -1.02. The van der Waals surface area contributed by atoms with E-state index in [4.69, 9.17) is 11.6 Å². The van der Waals surface area contributed by atoms with Crippen LogP contribution in [0, 0.1) is 0 Å². The van der Waals surface area contributed by atoms with Gasteiger partial charge in [-0.15, -0.1) is 12.4 Å². The van der Waals surface area contributed by atoms with Crippen LogP contribution in [0.1, 0.15) is 42.4 Å². The number of piperidine rings is 1. The largest absolute Gasteiger partial charge is 0.299 e. The number of nitrogens with zero attached hydrogens (tertiary/aromatic N) is 1. The topological polar surface area (TPSA) is 3.24 Å². The van der Waals surface area contributed by atoms with Gasteiger partial charge < -0.3 is 0 Å². The summed E-state index contributed by atoms with van der Waals surface area (Å²) in [5.74, 6) is 0.724. The van der Waals surface area contributed by atoms with E-state index in [1.807, 2.05) is 12.1 Å². The van der Waals surface area contributed by atoms with Gasteiger partial charge in [0.2, 0.25) is 0 Å². The number of aryl methyl sites for hydroxylation is 1. The fourth-order valence-electron chi connectivity index (χ4n) is 3.34. The van der Waals surface area contributed by atoms with Crippen molar-refractivity contribution in [2.45, 2.75) is 38.6 Å². The molecule has 0 N–H and O–H groups in total. The molecule has 1 aliphatic heterocycles. The number of benzene rings is 2. The molecule has 0 bridgehead atoms. The Balaban J connectivity index is 0.00000192. The van der Waals surface area contributed by atoms with E-state index in [1.54, 1.807) is 0 Å². The van der Waals surface area contributed by atoms with Crippen LogP contribution >= 0.6 is 24.0 Å². The molecule has 124 valence electrons. The zero-order valence-corrected chi connectivity index (χ0v) is 15.2. The summed E-state index contributed by atoms with van der Waals surface area (Å²) in [6, 6.07) is 17.5. The Kier molecular flexibility index (Phi) is 6.95. The summed E-state index contributed by atoms with van der Waals surface area (Å²) < 4.78 is 0. The first-order chi connectivity index (χ1) is 10.7. The molecule has 0 aromatic heterocycles. The van der Waals surface area contributed by atoms with Crippen molar-refractivity contribution < 1.29 is 0 Å². The standard InChI is InChI=1S/C20H24ClN.ClH/c1-2-16-6-8-18(9-7-16)19-10-12-22(13-11-19)15-17-4-3-5-20(21)14-17;/h3-9,14,19H,2,10-13,15H2,1H3;1H. The number of hydrogen-bond acceptors (Lipinski definition) is 1. The summed E-state index contributed by atoms with van der Waals surface area (Å²) >= 11 is 6.07. The highest BCUT2D eigenvalue weighted by Crippen LogP contribution is 2.29. The van der Waals surface area contributed by atoms with Gasteiger partial charge in [0.25, 0.3) is 0 Å². The molecular weight excluding hydrogens is 325 g/mol. The fraction of sp³-hybridized carbons (Fsp3) is 0.400. The van der Waals surface area contributed by atoms with Crippen LogP contribution in [-0.2, 0) is 13.0 Å². The van der Waals surface area contributed by atoms with Crippen molar-refractivity contribution in [1.29, 1.82) is 0 Å². The van der Waals surface area contributed by atoms with Gasteiger partial charge in [0.15, 0.2) is 0 Å². The summed E-state index contributed by atoms with van der Waals surface area (Å²) in [5.41, 5.74) is 4.26. The van der Waals surface area contributed by atoms with Gasteiger partial charge in [-0.3, -0.25) is 4.90 Å². The minimum atomic E-state index is 0. The molecule has 0 spiro atoms. The van der Waals surface area contributed by atoms with E-state index >= 15 is 0 Å². The molecule has 0 radical (unpaired) electrons. The Morgan fingerprint density at radius 3 is 2.30 bits per heavy atom. The van der Waals surface area contributed by atoms with Gasteiger partial charge in [-0.1, -0.05) is 54.9 Å². The van der Waals surface area contributed by atoms with E-state index < -0.39 is 0 Å². The lowest BCUT2D eigenvalue weighted by atomic mass is 9.88. The van der Waals surface area contributed by atoms with Crippen LogP contribution in [0.4, 0.5) is 0 Å². The minimum Gasteiger partial charge on any atom is -0.299 e. The monoisotopic (exact) mass is 349 g/mol. The third-order valence-electron chi connectivity index (χ3n) is 4.74. The zero-order valence-electron chi connectivity index (χ0n) is 13.7. The number of hydrogen-bond donors (Lipinski definition) is 0. The molecule has 0 unspecified atom stereocenters. The number of likely N-dealkylation sites (tertiary alicyclic amines) is 1. The summed E-state index contributed by atoms with van der Waals surface area (Å²) in [4.78, 5) is 2.54. The van der Waals surface area contributed by atoms with Crippen molar-refractivity contribution >= 4 is 24.0 Å². The van der Waals surface area contributed by atoms with Crippen molar-refractivity contribution in [3.05, 3.63) is 70.2 Å². The molecule has 3 heteroatoms. The van der Waals surface area contributed by atoms with Gasteiger partial charge in [0.05, 0.1) is 0 Å². The number of halogens is 2. The highest BCUT2D eigenvalue weighted by molar-refractivity contribution is 6.30. The molecule has 1 saturated heterocycles. The molecule has 1 fully saturated rings. The summed E-state index contributed by atoms with van der Waals surface area (Å²) in [5, 5.41) is 0.836. The van der Waals surface area contributed by atoms with Crippen LogP contribution in [0.25, 0.3) is 0 Å². The maximum Gasteiger partial charge on any atom is 0.0409 e. The summed E-state index contributed by atoms with van der Waals surface area (Å²) in [7, 11) is 0. The molecule has 1 nitrogen and oxygen atoms in total. The van der Waals surface area contributed by atoms with E-state index in [2.05, 4.69) is 48.2 Å². The van der Waals surface area contributed by atoms with Gasteiger partial charge >= 0.3 is 0 Å². The molecule has 2 aromatic rings. The molecule has 3 rings (SSSR count). The average Bonchev–Trinajstić information content (AvgIpc) is 2.56. The van der Waals surface area contributed by atoms with Crippen LogP contribution < -0.4 is 0 Å². The molecule has 0 saturated carbocycles. The second-order valence-electron chi connectivity index (χ2n) is 6.28. The van der Waals surface area contributed by atoms with Crippen LogP contribution in [0.15, 0.2) is 48.5 Å². The molecule has 2 aromatic carbocycles. The first kappa shape index (κ1) is 18.3. The Morgan fingerprint density at radius 2 is 1.70 bits per heavy atom. The first-order valence-electron chi connectivity index (χ1n) is 8.30. The lowest BCUT2D eigenvalue weighted by Gasteiger charge is -2.32. The Labute approximate surface area is 151 Å². The fourth-order valence-corrected chi connectivity index (χ4v) is 3.56. The van der Waals surface area contributed by atoms with Crippen molar-refractivity contribution in [3.8, 4) is 0 Å². The van der Waals surface area contributed by atoms with Gasteiger partial charge in [0.1, 0.15) is 0 Å². The Morgan fingerprint density at radius 1 is 1.00 bits per heavy atom. The molecule has 0 amide bonds. The van der Waals surface area contributed by atoms with Crippen LogP contribution in [0.3, 0.4) is 0 Å². The average molecular weight is 350 g/mol. The quantitative estimate of drug-likeness (QED) is 0.683. The predicted octanol–water partition coefficient (Wildman–Crippen LogP) is 5.70. The van der Waals surface area contributed by atoms with Crippen molar-refractivity contribution in [1.82, 2.24) is 4.90 Å². The van der Waals surface area contributed by atoms with Crippen molar-refractivity contribution in [3.63, 3.8) is 0 Å². The predicted molar refractivity (Wildman–Crippen MR) is 102 cm³/mol. The second kappa shape index (κ2) is 8.73.